The molecule has 1 amide bonds. The van der Waals surface area contributed by atoms with Crippen molar-refractivity contribution in [1.29, 1.82) is 0 Å². The Hall–Kier alpha value is -2.57. The average molecular weight is 386 g/mol. The first-order chi connectivity index (χ1) is 13.2. The molecule has 0 unspecified atom stereocenters. The van der Waals surface area contributed by atoms with Gasteiger partial charge in [-0.05, 0) is 41.5 Å². The van der Waals surface area contributed by atoms with E-state index in [0.29, 0.717) is 16.5 Å². The molecule has 0 spiro atoms. The molecule has 1 aromatic carbocycles. The first-order valence-electron chi connectivity index (χ1n) is 8.86. The second-order valence-electron chi connectivity index (χ2n) is 6.53. The number of carbonyl (C=O) groups excluding carboxylic acids is 1. The highest BCUT2D eigenvalue weighted by atomic mass is 35.5. The van der Waals surface area contributed by atoms with Crippen molar-refractivity contribution in [2.24, 2.45) is 0 Å². The lowest BCUT2D eigenvalue weighted by molar-refractivity contribution is -0.127. The number of halogens is 1. The molecule has 27 heavy (non-hydrogen) atoms. The van der Waals surface area contributed by atoms with Crippen molar-refractivity contribution < 1.29 is 14.3 Å². The van der Waals surface area contributed by atoms with Crippen molar-refractivity contribution in [3.63, 3.8) is 0 Å². The molecule has 0 bridgehead atoms. The predicted molar refractivity (Wildman–Crippen MR) is 103 cm³/mol. The fourth-order valence-electron chi connectivity index (χ4n) is 3.23. The Kier molecular flexibility index (Phi) is 5.27. The van der Waals surface area contributed by atoms with E-state index in [1.165, 1.54) is 5.56 Å². The summed E-state index contributed by atoms with van der Waals surface area (Å²) in [6.07, 6.45) is 6.97. The molecule has 1 saturated heterocycles. The Balaban J connectivity index is 1.32. The lowest BCUT2D eigenvalue weighted by atomic mass is 10.1. The van der Waals surface area contributed by atoms with Crippen LogP contribution >= 0.6 is 11.6 Å². The topological polar surface area (TPSA) is 54.9 Å². The second kappa shape index (κ2) is 7.98. The summed E-state index contributed by atoms with van der Waals surface area (Å²) < 4.78 is 10.7. The number of nitrogens with zero attached hydrogens (tertiary/aromatic N) is 3. The highest BCUT2D eigenvalue weighted by Crippen LogP contribution is 2.40. The van der Waals surface area contributed by atoms with Crippen LogP contribution in [-0.2, 0) is 11.3 Å². The fraction of sp³-hybridized carbons (Fsp3) is 0.300. The summed E-state index contributed by atoms with van der Waals surface area (Å²) >= 11 is 6.18. The highest BCUT2D eigenvalue weighted by Gasteiger charge is 2.20. The maximum atomic E-state index is 12.5. The first-order valence-corrected chi connectivity index (χ1v) is 9.24. The van der Waals surface area contributed by atoms with Gasteiger partial charge in [-0.15, -0.1) is 0 Å². The van der Waals surface area contributed by atoms with Crippen LogP contribution in [0.4, 0.5) is 0 Å². The van der Waals surface area contributed by atoms with E-state index in [0.717, 1.165) is 38.3 Å². The van der Waals surface area contributed by atoms with E-state index in [-0.39, 0.29) is 12.7 Å². The van der Waals surface area contributed by atoms with Gasteiger partial charge in [0.05, 0.1) is 5.02 Å². The number of fused-ring (bicyclic) bond motifs is 1. The Bertz CT molecular complexity index is 849. The number of pyridine rings is 1. The van der Waals surface area contributed by atoms with Crippen LogP contribution in [0.2, 0.25) is 5.02 Å². The number of aromatic nitrogens is 1. The minimum Gasteiger partial charge on any atom is -0.454 e. The Labute approximate surface area is 163 Å². The molecule has 0 N–H and O–H groups in total. The van der Waals surface area contributed by atoms with Gasteiger partial charge in [0, 0.05) is 51.2 Å². The molecule has 1 aromatic heterocycles. The van der Waals surface area contributed by atoms with Gasteiger partial charge >= 0.3 is 0 Å². The average Bonchev–Trinajstić information content (AvgIpc) is 3.17. The van der Waals surface area contributed by atoms with Crippen molar-refractivity contribution in [3.8, 4) is 11.5 Å². The van der Waals surface area contributed by atoms with Crippen LogP contribution in [0.25, 0.3) is 6.08 Å². The lowest BCUT2D eigenvalue weighted by Crippen LogP contribution is -2.47. The molecule has 0 saturated carbocycles. The summed E-state index contributed by atoms with van der Waals surface area (Å²) in [5, 5.41) is 0.488. The van der Waals surface area contributed by atoms with Crippen LogP contribution < -0.4 is 9.47 Å². The molecular formula is C20H20ClN3O3. The number of hydrogen-bond donors (Lipinski definition) is 0. The molecule has 0 aliphatic carbocycles. The fourth-order valence-corrected chi connectivity index (χ4v) is 3.50. The minimum atomic E-state index is 0.00681. The minimum absolute atomic E-state index is 0.00681. The van der Waals surface area contributed by atoms with Crippen molar-refractivity contribution in [1.82, 2.24) is 14.8 Å². The van der Waals surface area contributed by atoms with Crippen molar-refractivity contribution in [2.75, 3.05) is 33.0 Å². The number of ether oxygens (including phenoxy) is 2. The first kappa shape index (κ1) is 17.8. The van der Waals surface area contributed by atoms with E-state index < -0.39 is 0 Å². The van der Waals surface area contributed by atoms with Gasteiger partial charge < -0.3 is 14.4 Å². The van der Waals surface area contributed by atoms with Crippen LogP contribution in [0, 0.1) is 0 Å². The molecule has 0 radical (unpaired) electrons. The van der Waals surface area contributed by atoms with E-state index in [4.69, 9.17) is 21.1 Å². The summed E-state index contributed by atoms with van der Waals surface area (Å²) in [4.78, 5) is 20.7. The smallest absolute Gasteiger partial charge is 0.246 e. The standard InChI is InChI=1S/C20H20ClN3O3/c21-17-11-16(12-18-20(17)27-14-26-18)1-2-19(25)24-9-7-23(8-10-24)13-15-3-5-22-6-4-15/h1-6,11-12H,7-10,13-14H2/b2-1+. The van der Waals surface area contributed by atoms with Crippen molar-refractivity contribution in [3.05, 3.63) is 58.9 Å². The molecule has 1 fully saturated rings. The van der Waals surface area contributed by atoms with Crippen LogP contribution in [0.3, 0.4) is 0 Å². The third-order valence-corrected chi connectivity index (χ3v) is 4.99. The maximum Gasteiger partial charge on any atom is 0.246 e. The van der Waals surface area contributed by atoms with Gasteiger partial charge in [-0.3, -0.25) is 14.7 Å². The third-order valence-electron chi connectivity index (χ3n) is 4.71. The number of hydrogen-bond acceptors (Lipinski definition) is 5. The van der Waals surface area contributed by atoms with Gasteiger partial charge in [0.2, 0.25) is 12.7 Å². The summed E-state index contributed by atoms with van der Waals surface area (Å²) in [5.41, 5.74) is 2.05. The monoisotopic (exact) mass is 385 g/mol. The largest absolute Gasteiger partial charge is 0.454 e. The Morgan fingerprint density at radius 1 is 1.15 bits per heavy atom. The number of carbonyl (C=O) groups is 1. The zero-order chi connectivity index (χ0) is 18.6. The zero-order valence-corrected chi connectivity index (χ0v) is 15.6. The van der Waals surface area contributed by atoms with E-state index in [1.54, 1.807) is 18.2 Å². The summed E-state index contributed by atoms with van der Waals surface area (Å²) in [7, 11) is 0. The lowest BCUT2D eigenvalue weighted by Gasteiger charge is -2.34. The van der Waals surface area contributed by atoms with E-state index in [9.17, 15) is 4.79 Å². The van der Waals surface area contributed by atoms with Crippen LogP contribution in [-0.4, -0.2) is 53.7 Å². The highest BCUT2D eigenvalue weighted by molar-refractivity contribution is 6.32. The Morgan fingerprint density at radius 3 is 2.70 bits per heavy atom. The summed E-state index contributed by atoms with van der Waals surface area (Å²) in [6.45, 7) is 4.21. The van der Waals surface area contributed by atoms with E-state index in [2.05, 4.69) is 9.88 Å². The molecule has 2 aliphatic heterocycles. The van der Waals surface area contributed by atoms with Gasteiger partial charge in [-0.25, -0.2) is 0 Å². The van der Waals surface area contributed by atoms with Crippen LogP contribution in [0.15, 0.2) is 42.7 Å². The molecular weight excluding hydrogens is 366 g/mol. The number of benzene rings is 1. The predicted octanol–water partition coefficient (Wildman–Crippen LogP) is 2.82. The molecule has 140 valence electrons. The number of rotatable bonds is 4. The second-order valence-corrected chi connectivity index (χ2v) is 6.93. The molecule has 7 heteroatoms. The zero-order valence-electron chi connectivity index (χ0n) is 14.8. The SMILES string of the molecule is O=C(/C=C/c1cc(Cl)c2c(c1)OCO2)N1CCN(Cc2ccncc2)CC1. The molecule has 2 aliphatic rings. The maximum absolute atomic E-state index is 12.5. The Morgan fingerprint density at radius 2 is 1.93 bits per heavy atom. The molecule has 6 nitrogen and oxygen atoms in total. The molecule has 0 atom stereocenters. The van der Waals surface area contributed by atoms with Gasteiger partial charge in [0.25, 0.3) is 0 Å². The van der Waals surface area contributed by atoms with E-state index in [1.807, 2.05) is 35.5 Å². The van der Waals surface area contributed by atoms with Gasteiger partial charge in [-0.2, -0.15) is 0 Å². The molecule has 3 heterocycles. The number of amides is 1. The van der Waals surface area contributed by atoms with Crippen molar-refractivity contribution >= 4 is 23.6 Å². The summed E-state index contributed by atoms with van der Waals surface area (Å²) in [5.74, 6) is 1.18. The van der Waals surface area contributed by atoms with Gasteiger partial charge in [-0.1, -0.05) is 11.6 Å². The van der Waals surface area contributed by atoms with E-state index >= 15 is 0 Å². The van der Waals surface area contributed by atoms with Gasteiger partial charge in [0.15, 0.2) is 11.5 Å². The quantitative estimate of drug-likeness (QED) is 0.757. The normalized spacial score (nSPS) is 16.9. The summed E-state index contributed by atoms with van der Waals surface area (Å²) in [6, 6.07) is 7.64. The molecule has 4 rings (SSSR count). The van der Waals surface area contributed by atoms with Gasteiger partial charge in [0.1, 0.15) is 0 Å². The molecule has 2 aromatic rings. The van der Waals surface area contributed by atoms with Crippen LogP contribution in [0.1, 0.15) is 11.1 Å². The third kappa shape index (κ3) is 4.23. The van der Waals surface area contributed by atoms with Crippen LogP contribution in [0.5, 0.6) is 11.5 Å². The number of piperazine rings is 1. The van der Waals surface area contributed by atoms with Crippen molar-refractivity contribution in [2.45, 2.75) is 6.54 Å².